The van der Waals surface area contributed by atoms with Crippen LogP contribution in [-0.2, 0) is 0 Å². The fraction of sp³-hybridized carbons (Fsp3) is 0. The van der Waals surface area contributed by atoms with Crippen molar-refractivity contribution >= 4 is 21.9 Å². The van der Waals surface area contributed by atoms with Crippen LogP contribution in [0.1, 0.15) is 0 Å². The second-order valence-corrected chi connectivity index (χ2v) is 0.936. The molecule has 0 bridgehead atoms. The van der Waals surface area contributed by atoms with Gasteiger partial charge in [0.25, 0.3) is 0 Å². The molecule has 0 amide bonds. The van der Waals surface area contributed by atoms with E-state index in [-0.39, 0.29) is 0 Å². The minimum absolute atomic E-state index is 1.61. The Labute approximate surface area is 38.7 Å². The minimum atomic E-state index is 1.61. The Bertz CT molecular complexity index is 48.8. The van der Waals surface area contributed by atoms with E-state index in [0.717, 1.165) is 0 Å². The molecular formula is C3H3I. The quantitative estimate of drug-likeness (QED) is 0.479. The second kappa shape index (κ2) is 3.25. The average Bonchev–Trinajstić information content (AvgIpc) is 1.37. The van der Waals surface area contributed by atoms with Gasteiger partial charge >= 0.3 is 38.4 Å². The average molecular weight is 166 g/mol. The summed E-state index contributed by atoms with van der Waals surface area (Å²) in [5, 5.41) is 0. The van der Waals surface area contributed by atoms with Crippen molar-refractivity contribution in [1.82, 2.24) is 0 Å². The normalized spacial score (nSPS) is 4.00. The summed E-state index contributed by atoms with van der Waals surface area (Å²) in [5.74, 6) is 0. The monoisotopic (exact) mass is 166 g/mol. The van der Waals surface area contributed by atoms with E-state index >= 15 is 0 Å². The summed E-state index contributed by atoms with van der Waals surface area (Å²) in [6, 6.07) is 0. The van der Waals surface area contributed by atoms with Crippen LogP contribution in [0.4, 0.5) is 0 Å². The number of halogens is 1. The van der Waals surface area contributed by atoms with E-state index in [2.05, 4.69) is 10.4 Å². The molecule has 0 aromatic heterocycles. The Kier molecular flexibility index (Phi) is 3.45. The maximum absolute atomic E-state index is 3.36. The Hall–Kier alpha value is 0.250. The fourth-order valence-electron chi connectivity index (χ4n) is 0. The molecule has 0 aromatic rings. The molecule has 0 spiro atoms. The van der Waals surface area contributed by atoms with Crippen LogP contribution < -0.4 is 0 Å². The predicted octanol–water partition coefficient (Wildman–Crippen LogP) is 1.57. The zero-order valence-electron chi connectivity index (χ0n) is 2.16. The summed E-state index contributed by atoms with van der Waals surface area (Å²) in [4.78, 5) is 0. The van der Waals surface area contributed by atoms with Crippen LogP contribution in [0, 0.1) is 3.81 Å². The molecule has 0 aromatic carbocycles. The second-order valence-electron chi connectivity index (χ2n) is 0.313. The van der Waals surface area contributed by atoms with Crippen molar-refractivity contribution in [3.8, 4) is 3.81 Å². The third-order valence-corrected chi connectivity index (χ3v) is 0.518. The third kappa shape index (κ3) is 2.25. The summed E-state index contributed by atoms with van der Waals surface area (Å²) < 4.78 is 2.66. The van der Waals surface area contributed by atoms with Gasteiger partial charge in [0.15, 0.2) is 0 Å². The van der Waals surface area contributed by atoms with Gasteiger partial charge < -0.3 is 0 Å². The molecule has 0 radical (unpaired) electrons. The zero-order valence-corrected chi connectivity index (χ0v) is 4.32. The molecule has 0 nitrogen and oxygen atoms in total. The van der Waals surface area contributed by atoms with Crippen molar-refractivity contribution in [3.05, 3.63) is 12.7 Å². The Morgan fingerprint density at radius 2 is 2.25 bits per heavy atom. The molecule has 0 aliphatic rings. The number of hydrogen-bond acceptors (Lipinski definition) is 0. The topological polar surface area (TPSA) is 0 Å². The van der Waals surface area contributed by atoms with Gasteiger partial charge in [0, 0.05) is 0 Å². The molecule has 0 unspecified atom stereocenters. The standard InChI is InChI=1S/C3H3I/c1-2-3-4/h2H,1H2. The maximum atomic E-state index is 3.36. The fourth-order valence-corrected chi connectivity index (χ4v) is 0. The summed E-state index contributed by atoms with van der Waals surface area (Å²) in [6.07, 6.45) is 1.61. The van der Waals surface area contributed by atoms with E-state index in [1.807, 2.05) is 21.9 Å². The molecule has 0 saturated carbocycles. The van der Waals surface area contributed by atoms with E-state index in [4.69, 9.17) is 0 Å². The van der Waals surface area contributed by atoms with Gasteiger partial charge in [0.1, 0.15) is 0 Å². The van der Waals surface area contributed by atoms with Gasteiger partial charge in [0.2, 0.25) is 0 Å². The molecule has 1 heteroatoms. The van der Waals surface area contributed by atoms with Gasteiger partial charge in [-0.25, -0.2) is 0 Å². The summed E-state index contributed by atoms with van der Waals surface area (Å²) in [7, 11) is 0. The molecule has 0 aliphatic carbocycles. The zero-order chi connectivity index (χ0) is 3.41. The number of allylic oxidation sites excluding steroid dienone is 1. The van der Waals surface area contributed by atoms with Crippen LogP contribution in [-0.4, -0.2) is 0 Å². The van der Waals surface area contributed by atoms with Crippen molar-refractivity contribution in [2.75, 3.05) is 0 Å². The molecule has 0 rings (SSSR count). The van der Waals surface area contributed by atoms with E-state index in [0.29, 0.717) is 0 Å². The van der Waals surface area contributed by atoms with Crippen LogP contribution in [0.2, 0.25) is 0 Å². The van der Waals surface area contributed by atoms with Crippen molar-refractivity contribution in [1.29, 1.82) is 0 Å². The Morgan fingerprint density at radius 1 is 2.00 bits per heavy atom. The van der Waals surface area contributed by atoms with E-state index in [9.17, 15) is 0 Å². The van der Waals surface area contributed by atoms with Crippen LogP contribution in [0.25, 0.3) is 0 Å². The summed E-state index contributed by atoms with van der Waals surface area (Å²) >= 11 is 1.98. The van der Waals surface area contributed by atoms with Crippen molar-refractivity contribution in [3.63, 3.8) is 0 Å². The van der Waals surface area contributed by atoms with Gasteiger partial charge in [-0.05, 0) is 0 Å². The molecule has 4 heavy (non-hydrogen) atoms. The molecule has 0 saturated heterocycles. The first-order valence-electron chi connectivity index (χ1n) is 0.886. The van der Waals surface area contributed by atoms with Gasteiger partial charge in [-0.1, -0.05) is 0 Å². The third-order valence-electron chi connectivity index (χ3n) is 0.0772. The first kappa shape index (κ1) is 4.25. The van der Waals surface area contributed by atoms with Gasteiger partial charge in [-0.15, -0.1) is 0 Å². The Balaban J connectivity index is 2.92. The SMILES string of the molecule is C=CC#I. The predicted molar refractivity (Wildman–Crippen MR) is 28.1 cm³/mol. The van der Waals surface area contributed by atoms with Crippen LogP contribution in [0.3, 0.4) is 0 Å². The molecule has 0 fully saturated rings. The van der Waals surface area contributed by atoms with Crippen molar-refractivity contribution in [2.24, 2.45) is 0 Å². The van der Waals surface area contributed by atoms with Crippen molar-refractivity contribution in [2.45, 2.75) is 0 Å². The van der Waals surface area contributed by atoms with E-state index < -0.39 is 0 Å². The molecule has 22 valence electrons. The van der Waals surface area contributed by atoms with Crippen LogP contribution in [0.15, 0.2) is 12.7 Å². The molecule has 0 aliphatic heterocycles. The molecular weight excluding hydrogens is 163 g/mol. The Morgan fingerprint density at radius 3 is 2.25 bits per heavy atom. The number of rotatable bonds is 0. The number of hydrogen-bond donors (Lipinski definition) is 0. The van der Waals surface area contributed by atoms with Crippen molar-refractivity contribution < 1.29 is 0 Å². The summed E-state index contributed by atoms with van der Waals surface area (Å²) in [6.45, 7) is 3.36. The van der Waals surface area contributed by atoms with E-state index in [1.54, 1.807) is 6.08 Å². The van der Waals surface area contributed by atoms with Gasteiger partial charge in [0.05, 0.1) is 0 Å². The van der Waals surface area contributed by atoms with Crippen LogP contribution >= 0.6 is 21.9 Å². The summed E-state index contributed by atoms with van der Waals surface area (Å²) in [5.41, 5.74) is 0. The first-order chi connectivity index (χ1) is 1.91. The van der Waals surface area contributed by atoms with Gasteiger partial charge in [-0.3, -0.25) is 0 Å². The van der Waals surface area contributed by atoms with Gasteiger partial charge in [-0.2, -0.15) is 0 Å². The molecule has 0 N–H and O–H groups in total. The van der Waals surface area contributed by atoms with Crippen LogP contribution in [0.5, 0.6) is 0 Å². The molecule has 0 heterocycles. The van der Waals surface area contributed by atoms with E-state index in [1.165, 1.54) is 0 Å². The molecule has 0 atom stereocenters. The first-order valence-corrected chi connectivity index (χ1v) is 1.96.